The van der Waals surface area contributed by atoms with Gasteiger partial charge in [-0.2, -0.15) is 4.98 Å². The van der Waals surface area contributed by atoms with Crippen LogP contribution < -0.4 is 15.0 Å². The summed E-state index contributed by atoms with van der Waals surface area (Å²) in [5, 5.41) is 3.30. The third-order valence-corrected chi connectivity index (χ3v) is 4.79. The van der Waals surface area contributed by atoms with Crippen molar-refractivity contribution in [2.75, 3.05) is 30.4 Å². The fraction of sp³-hybridized carbons (Fsp3) is 0.579. The second kappa shape index (κ2) is 8.78. The zero-order valence-electron chi connectivity index (χ0n) is 15.9. The summed E-state index contributed by atoms with van der Waals surface area (Å²) in [7, 11) is 1.59. The quantitative estimate of drug-likeness (QED) is 0.878. The molecule has 1 N–H and O–H groups in total. The number of aromatic nitrogens is 4. The Kier molecular flexibility index (Phi) is 6.20. The van der Waals surface area contributed by atoms with Crippen molar-refractivity contribution >= 4 is 11.9 Å². The Morgan fingerprint density at radius 1 is 1.08 bits per heavy atom. The number of rotatable bonds is 5. The summed E-state index contributed by atoms with van der Waals surface area (Å²) in [4.78, 5) is 20.3. The van der Waals surface area contributed by atoms with Crippen LogP contribution in [0.2, 0.25) is 0 Å². The summed E-state index contributed by atoms with van der Waals surface area (Å²) in [5.41, 5.74) is 2.03. The van der Waals surface area contributed by atoms with E-state index in [1.807, 2.05) is 13.1 Å². The molecule has 0 bridgehead atoms. The SMILES string of the molecule is COc1ccnc(N[C@H](C)c2cnc(N3CCCCCCC3)nc2C)n1. The van der Waals surface area contributed by atoms with Gasteiger partial charge in [0.15, 0.2) is 0 Å². The van der Waals surface area contributed by atoms with Gasteiger partial charge in [-0.25, -0.2) is 15.0 Å². The van der Waals surface area contributed by atoms with Gasteiger partial charge in [0.05, 0.1) is 13.2 Å². The van der Waals surface area contributed by atoms with Gasteiger partial charge in [0, 0.05) is 42.8 Å². The van der Waals surface area contributed by atoms with Gasteiger partial charge in [-0.05, 0) is 26.7 Å². The monoisotopic (exact) mass is 356 g/mol. The summed E-state index contributed by atoms with van der Waals surface area (Å²) >= 11 is 0. The number of hydrogen-bond acceptors (Lipinski definition) is 7. The third-order valence-electron chi connectivity index (χ3n) is 4.79. The molecule has 2 aromatic heterocycles. The minimum absolute atomic E-state index is 0.00323. The highest BCUT2D eigenvalue weighted by atomic mass is 16.5. The molecule has 3 heterocycles. The lowest BCUT2D eigenvalue weighted by molar-refractivity contribution is 0.397. The molecule has 0 spiro atoms. The van der Waals surface area contributed by atoms with Crippen molar-refractivity contribution in [2.24, 2.45) is 0 Å². The van der Waals surface area contributed by atoms with E-state index in [0.29, 0.717) is 11.8 Å². The largest absolute Gasteiger partial charge is 0.481 e. The van der Waals surface area contributed by atoms with E-state index >= 15 is 0 Å². The number of nitrogens with zero attached hydrogens (tertiary/aromatic N) is 5. The molecule has 7 nitrogen and oxygen atoms in total. The second-order valence-electron chi connectivity index (χ2n) is 6.75. The van der Waals surface area contributed by atoms with E-state index in [2.05, 4.69) is 32.1 Å². The Balaban J connectivity index is 1.71. The first kappa shape index (κ1) is 18.4. The molecule has 7 heteroatoms. The van der Waals surface area contributed by atoms with Crippen LogP contribution in [0.15, 0.2) is 18.5 Å². The maximum absolute atomic E-state index is 5.15. The van der Waals surface area contributed by atoms with Gasteiger partial charge in [-0.15, -0.1) is 0 Å². The maximum atomic E-state index is 5.15. The molecular formula is C19H28N6O. The maximum Gasteiger partial charge on any atom is 0.226 e. The molecule has 0 unspecified atom stereocenters. The van der Waals surface area contributed by atoms with Gasteiger partial charge in [0.1, 0.15) is 0 Å². The van der Waals surface area contributed by atoms with Crippen molar-refractivity contribution in [3.8, 4) is 5.88 Å². The normalized spacial score (nSPS) is 16.5. The number of hydrogen-bond donors (Lipinski definition) is 1. The highest BCUT2D eigenvalue weighted by molar-refractivity contribution is 5.37. The lowest BCUT2D eigenvalue weighted by Gasteiger charge is -2.25. The van der Waals surface area contributed by atoms with Gasteiger partial charge < -0.3 is 15.0 Å². The first-order chi connectivity index (χ1) is 12.7. The molecule has 1 atom stereocenters. The third kappa shape index (κ3) is 4.59. The van der Waals surface area contributed by atoms with E-state index in [4.69, 9.17) is 9.72 Å². The molecule has 0 aromatic carbocycles. The average molecular weight is 356 g/mol. The molecule has 2 aromatic rings. The zero-order valence-corrected chi connectivity index (χ0v) is 15.9. The van der Waals surface area contributed by atoms with Crippen LogP contribution in [0.4, 0.5) is 11.9 Å². The second-order valence-corrected chi connectivity index (χ2v) is 6.75. The standard InChI is InChI=1S/C19H28N6O/c1-14(22-18-20-10-9-17(24-18)26-3)16-13-21-19(23-15(16)2)25-11-7-5-4-6-8-12-25/h9-10,13-14H,4-8,11-12H2,1-3H3,(H,20,22,24)/t14-/m1/s1. The molecule has 1 aliphatic heterocycles. The molecular weight excluding hydrogens is 328 g/mol. The summed E-state index contributed by atoms with van der Waals surface area (Å²) in [6.07, 6.45) is 9.99. The molecule has 1 fully saturated rings. The lowest BCUT2D eigenvalue weighted by Crippen LogP contribution is -2.29. The minimum atomic E-state index is 0.00323. The topological polar surface area (TPSA) is 76.1 Å². The first-order valence-electron chi connectivity index (χ1n) is 9.39. The van der Waals surface area contributed by atoms with Crippen LogP contribution in [0.5, 0.6) is 5.88 Å². The fourth-order valence-electron chi connectivity index (χ4n) is 3.29. The van der Waals surface area contributed by atoms with Crippen LogP contribution in [0.1, 0.15) is 56.3 Å². The molecule has 1 saturated heterocycles. The van der Waals surface area contributed by atoms with E-state index in [-0.39, 0.29) is 6.04 Å². The van der Waals surface area contributed by atoms with Crippen molar-refractivity contribution in [3.05, 3.63) is 29.7 Å². The summed E-state index contributed by atoms with van der Waals surface area (Å²) in [6.45, 7) is 6.19. The van der Waals surface area contributed by atoms with Crippen molar-refractivity contribution in [3.63, 3.8) is 0 Å². The number of methoxy groups -OCH3 is 1. The van der Waals surface area contributed by atoms with Crippen molar-refractivity contribution in [1.82, 2.24) is 19.9 Å². The molecule has 0 amide bonds. The highest BCUT2D eigenvalue weighted by Crippen LogP contribution is 2.22. The number of aryl methyl sites for hydroxylation is 1. The van der Waals surface area contributed by atoms with Gasteiger partial charge >= 0.3 is 0 Å². The molecule has 3 rings (SSSR count). The lowest BCUT2D eigenvalue weighted by atomic mass is 10.1. The van der Waals surface area contributed by atoms with Crippen molar-refractivity contribution in [1.29, 1.82) is 0 Å². The van der Waals surface area contributed by atoms with Gasteiger partial charge in [-0.3, -0.25) is 0 Å². The van der Waals surface area contributed by atoms with Gasteiger partial charge in [0.2, 0.25) is 17.8 Å². The number of anilines is 2. The van der Waals surface area contributed by atoms with Crippen molar-refractivity contribution in [2.45, 2.75) is 52.0 Å². The predicted octanol–water partition coefficient (Wildman–Crippen LogP) is 3.53. The minimum Gasteiger partial charge on any atom is -0.481 e. The Bertz CT molecular complexity index is 715. The van der Waals surface area contributed by atoms with Crippen LogP contribution in [0.25, 0.3) is 0 Å². The summed E-state index contributed by atoms with van der Waals surface area (Å²) in [6, 6.07) is 1.73. The van der Waals surface area contributed by atoms with E-state index in [1.165, 1.54) is 32.1 Å². The van der Waals surface area contributed by atoms with Crippen LogP contribution >= 0.6 is 0 Å². The Labute approximate surface area is 155 Å². The Hall–Kier alpha value is -2.44. The number of nitrogens with one attached hydrogen (secondary N) is 1. The predicted molar refractivity (Wildman–Crippen MR) is 103 cm³/mol. The molecule has 26 heavy (non-hydrogen) atoms. The summed E-state index contributed by atoms with van der Waals surface area (Å²) in [5.74, 6) is 1.91. The van der Waals surface area contributed by atoms with Crippen LogP contribution in [0.3, 0.4) is 0 Å². The van der Waals surface area contributed by atoms with Gasteiger partial charge in [-0.1, -0.05) is 19.3 Å². The van der Waals surface area contributed by atoms with E-state index in [9.17, 15) is 0 Å². The van der Waals surface area contributed by atoms with E-state index in [1.54, 1.807) is 19.4 Å². The average Bonchev–Trinajstić information content (AvgIpc) is 2.61. The molecule has 0 radical (unpaired) electrons. The van der Waals surface area contributed by atoms with Crippen LogP contribution in [-0.4, -0.2) is 40.1 Å². The summed E-state index contributed by atoms with van der Waals surface area (Å²) < 4.78 is 5.15. The smallest absolute Gasteiger partial charge is 0.226 e. The zero-order chi connectivity index (χ0) is 18.4. The Morgan fingerprint density at radius 3 is 2.50 bits per heavy atom. The highest BCUT2D eigenvalue weighted by Gasteiger charge is 2.16. The first-order valence-corrected chi connectivity index (χ1v) is 9.39. The van der Waals surface area contributed by atoms with E-state index in [0.717, 1.165) is 30.3 Å². The van der Waals surface area contributed by atoms with E-state index < -0.39 is 0 Å². The molecule has 0 aliphatic carbocycles. The fourth-order valence-corrected chi connectivity index (χ4v) is 3.29. The van der Waals surface area contributed by atoms with Gasteiger partial charge in [0.25, 0.3) is 0 Å². The van der Waals surface area contributed by atoms with Crippen LogP contribution in [0, 0.1) is 6.92 Å². The molecule has 140 valence electrons. The van der Waals surface area contributed by atoms with Crippen LogP contribution in [-0.2, 0) is 0 Å². The molecule has 0 saturated carbocycles. The van der Waals surface area contributed by atoms with Crippen molar-refractivity contribution < 1.29 is 4.74 Å². The molecule has 1 aliphatic rings. The number of ether oxygens (including phenoxy) is 1. The Morgan fingerprint density at radius 2 is 1.81 bits per heavy atom.